The van der Waals surface area contributed by atoms with Crippen LogP contribution in [0.15, 0.2) is 61.3 Å². The lowest BCUT2D eigenvalue weighted by atomic mass is 10.2. The molecule has 0 atom stereocenters. The second kappa shape index (κ2) is 7.17. The van der Waals surface area contributed by atoms with Gasteiger partial charge < -0.3 is 9.73 Å². The van der Waals surface area contributed by atoms with Crippen LogP contribution in [0.3, 0.4) is 0 Å². The number of nitrogens with one attached hydrogen (secondary N) is 3. The number of sulfonamides is 1. The van der Waals surface area contributed by atoms with Gasteiger partial charge in [0.1, 0.15) is 4.21 Å². The number of halogens is 2. The molecule has 7 nitrogen and oxygen atoms in total. The molecule has 3 N–H and O–H groups in total. The molecule has 0 bridgehead atoms. The molecule has 0 unspecified atom stereocenters. The molecule has 0 saturated carbocycles. The van der Waals surface area contributed by atoms with E-state index in [1.54, 1.807) is 29.6 Å². The van der Waals surface area contributed by atoms with Crippen LogP contribution >= 0.6 is 34.5 Å². The number of rotatable bonds is 5. The second-order valence-corrected chi connectivity index (χ2v) is 9.37. The molecule has 4 aromatic rings. The van der Waals surface area contributed by atoms with E-state index in [1.807, 2.05) is 0 Å². The number of aromatic amines is 1. The Kier molecular flexibility index (Phi) is 4.84. The van der Waals surface area contributed by atoms with Gasteiger partial charge in [-0.3, -0.25) is 9.71 Å². The number of anilines is 3. The summed E-state index contributed by atoms with van der Waals surface area (Å²) < 4.78 is 32.9. The predicted molar refractivity (Wildman–Crippen MR) is 112 cm³/mol. The molecule has 0 aliphatic rings. The van der Waals surface area contributed by atoms with E-state index in [-0.39, 0.29) is 19.9 Å². The van der Waals surface area contributed by atoms with Crippen molar-refractivity contribution in [3.63, 3.8) is 0 Å². The monoisotopic (exact) mass is 455 g/mol. The van der Waals surface area contributed by atoms with E-state index in [2.05, 4.69) is 15.0 Å². The number of oxazole rings is 1. The van der Waals surface area contributed by atoms with Crippen molar-refractivity contribution in [1.82, 2.24) is 4.98 Å². The molecule has 4 rings (SSSR count). The number of hydrogen-bond acceptors (Lipinski definition) is 6. The summed E-state index contributed by atoms with van der Waals surface area (Å²) >= 11 is 13.3. The van der Waals surface area contributed by atoms with E-state index in [0.29, 0.717) is 22.5 Å². The Morgan fingerprint density at radius 2 is 1.79 bits per heavy atom. The molecule has 2 aromatic heterocycles. The Bertz CT molecular complexity index is 1330. The maximum Gasteiger partial charge on any atom is 0.417 e. The Balaban J connectivity index is 1.73. The quantitative estimate of drug-likeness (QED) is 0.391. The Morgan fingerprint density at radius 3 is 2.50 bits per heavy atom. The summed E-state index contributed by atoms with van der Waals surface area (Å²) in [5.74, 6) is -0.564. The molecular weight excluding hydrogens is 445 g/mol. The van der Waals surface area contributed by atoms with E-state index < -0.39 is 15.8 Å². The number of H-pyrrole nitrogens is 1. The largest absolute Gasteiger partial charge is 0.417 e. The third-order valence-electron chi connectivity index (χ3n) is 3.76. The van der Waals surface area contributed by atoms with Crippen LogP contribution in [0.5, 0.6) is 0 Å². The van der Waals surface area contributed by atoms with Crippen molar-refractivity contribution in [2.75, 3.05) is 10.0 Å². The van der Waals surface area contributed by atoms with Crippen molar-refractivity contribution in [3.8, 4) is 0 Å². The first kappa shape index (κ1) is 18.9. The topological polar surface area (TPSA) is 104 Å². The van der Waals surface area contributed by atoms with Crippen LogP contribution in [0.1, 0.15) is 0 Å². The van der Waals surface area contributed by atoms with Crippen molar-refractivity contribution < 1.29 is 12.8 Å². The fraction of sp³-hybridized carbons (Fsp3) is 0. The van der Waals surface area contributed by atoms with Crippen molar-refractivity contribution in [3.05, 3.63) is 68.4 Å². The highest BCUT2D eigenvalue weighted by Crippen LogP contribution is 2.36. The average Bonchev–Trinajstić information content (AvgIpc) is 3.28. The van der Waals surface area contributed by atoms with Crippen molar-refractivity contribution in [1.29, 1.82) is 0 Å². The number of fused-ring (bicyclic) bond motifs is 1. The first-order valence-electron chi connectivity index (χ1n) is 7.77. The fourth-order valence-electron chi connectivity index (χ4n) is 2.52. The third-order valence-corrected chi connectivity index (χ3v) is 7.25. The summed E-state index contributed by atoms with van der Waals surface area (Å²) in [5.41, 5.74) is 2.06. The lowest BCUT2D eigenvalue weighted by Gasteiger charge is -2.15. The zero-order valence-electron chi connectivity index (χ0n) is 13.8. The van der Waals surface area contributed by atoms with Crippen LogP contribution < -0.4 is 15.8 Å². The van der Waals surface area contributed by atoms with Gasteiger partial charge in [-0.05, 0) is 35.7 Å². The normalized spacial score (nSPS) is 11.6. The van der Waals surface area contributed by atoms with Gasteiger partial charge in [0, 0.05) is 11.8 Å². The van der Waals surface area contributed by atoms with E-state index >= 15 is 0 Å². The molecule has 0 spiro atoms. The fourth-order valence-corrected chi connectivity index (χ4v) is 4.92. The molecule has 0 amide bonds. The number of benzene rings is 2. The van der Waals surface area contributed by atoms with Gasteiger partial charge in [0.15, 0.2) is 5.58 Å². The third kappa shape index (κ3) is 3.74. The van der Waals surface area contributed by atoms with Gasteiger partial charge in [0.2, 0.25) is 0 Å². The maximum atomic E-state index is 12.6. The highest BCUT2D eigenvalue weighted by molar-refractivity contribution is 7.94. The predicted octanol–water partition coefficient (Wildman–Crippen LogP) is 5.03. The van der Waals surface area contributed by atoms with E-state index in [4.69, 9.17) is 27.6 Å². The molecule has 2 heterocycles. The first-order chi connectivity index (χ1) is 13.3. The smallest absolute Gasteiger partial charge is 0.408 e. The van der Waals surface area contributed by atoms with Crippen LogP contribution in [-0.2, 0) is 10.0 Å². The van der Waals surface area contributed by atoms with Gasteiger partial charge in [-0.15, -0.1) is 11.3 Å². The Morgan fingerprint density at radius 1 is 1.04 bits per heavy atom. The maximum absolute atomic E-state index is 12.6. The van der Waals surface area contributed by atoms with E-state index in [9.17, 15) is 13.2 Å². The highest BCUT2D eigenvalue weighted by atomic mass is 35.5. The van der Waals surface area contributed by atoms with E-state index in [1.165, 1.54) is 18.2 Å². The number of aromatic nitrogens is 1. The van der Waals surface area contributed by atoms with Crippen LogP contribution in [-0.4, -0.2) is 13.4 Å². The summed E-state index contributed by atoms with van der Waals surface area (Å²) in [4.78, 5) is 13.9. The van der Waals surface area contributed by atoms with Gasteiger partial charge in [0.25, 0.3) is 10.0 Å². The van der Waals surface area contributed by atoms with Gasteiger partial charge >= 0.3 is 5.76 Å². The SMILES string of the molecule is O=c1[nH]c2ccc(Nc3cc(Cl)c(Cl)cc3NS(=O)(=O)c3cccs3)cc2o1. The first-order valence-corrected chi connectivity index (χ1v) is 10.9. The molecular formula is C17H11Cl2N3O4S2. The second-order valence-electron chi connectivity index (χ2n) is 5.70. The average molecular weight is 456 g/mol. The summed E-state index contributed by atoms with van der Waals surface area (Å²) in [5, 5.41) is 5.18. The summed E-state index contributed by atoms with van der Waals surface area (Å²) in [7, 11) is -3.78. The number of hydrogen-bond donors (Lipinski definition) is 3. The molecule has 0 aliphatic carbocycles. The zero-order chi connectivity index (χ0) is 19.9. The van der Waals surface area contributed by atoms with Gasteiger partial charge in [-0.2, -0.15) is 0 Å². The Hall–Kier alpha value is -2.46. The van der Waals surface area contributed by atoms with Crippen LogP contribution in [0.4, 0.5) is 17.1 Å². The molecule has 0 fully saturated rings. The lowest BCUT2D eigenvalue weighted by Crippen LogP contribution is -2.12. The zero-order valence-corrected chi connectivity index (χ0v) is 17.0. The standard InChI is InChI=1S/C17H11Cl2N3O4S2/c18-10-7-13(20-9-3-4-12-15(6-9)26-17(23)21-12)14(8-11(10)19)22-28(24,25)16-2-1-5-27-16/h1-8,20,22H,(H,21,23). The Labute approximate surface area is 173 Å². The molecule has 11 heteroatoms. The highest BCUT2D eigenvalue weighted by Gasteiger charge is 2.19. The van der Waals surface area contributed by atoms with Crippen LogP contribution in [0, 0.1) is 0 Å². The van der Waals surface area contributed by atoms with E-state index in [0.717, 1.165) is 11.3 Å². The summed E-state index contributed by atoms with van der Waals surface area (Å²) in [6.07, 6.45) is 0. The lowest BCUT2D eigenvalue weighted by molar-refractivity contribution is 0.555. The van der Waals surface area contributed by atoms with Crippen LogP contribution in [0.25, 0.3) is 11.1 Å². The molecule has 0 radical (unpaired) electrons. The molecule has 28 heavy (non-hydrogen) atoms. The van der Waals surface area contributed by atoms with Crippen molar-refractivity contribution >= 4 is 72.7 Å². The molecule has 144 valence electrons. The minimum Gasteiger partial charge on any atom is -0.408 e. The van der Waals surface area contributed by atoms with Crippen molar-refractivity contribution in [2.24, 2.45) is 0 Å². The van der Waals surface area contributed by atoms with Gasteiger partial charge in [-0.1, -0.05) is 29.3 Å². The molecule has 2 aromatic carbocycles. The minimum absolute atomic E-state index is 0.167. The molecule has 0 aliphatic heterocycles. The molecule has 0 saturated heterocycles. The number of thiophene rings is 1. The van der Waals surface area contributed by atoms with Crippen LogP contribution in [0.2, 0.25) is 10.0 Å². The summed E-state index contributed by atoms with van der Waals surface area (Å²) in [6.45, 7) is 0. The summed E-state index contributed by atoms with van der Waals surface area (Å²) in [6, 6.07) is 11.0. The van der Waals surface area contributed by atoms with Gasteiger partial charge in [-0.25, -0.2) is 13.2 Å². The van der Waals surface area contributed by atoms with Crippen molar-refractivity contribution in [2.45, 2.75) is 4.21 Å². The minimum atomic E-state index is -3.78. The van der Waals surface area contributed by atoms with Gasteiger partial charge in [0.05, 0.1) is 26.9 Å².